The zero-order valence-electron chi connectivity index (χ0n) is 3.37. The van der Waals surface area contributed by atoms with Gasteiger partial charge < -0.3 is 20.2 Å². The molecule has 0 aromatic heterocycles. The Bertz CT molecular complexity index is 54.2. The van der Waals surface area contributed by atoms with Crippen LogP contribution in [0.4, 0.5) is 0 Å². The van der Waals surface area contributed by atoms with Crippen molar-refractivity contribution in [2.75, 3.05) is 0 Å². The van der Waals surface area contributed by atoms with E-state index >= 15 is 0 Å². The smallest absolute Gasteiger partial charge is 0.756 e. The molecule has 0 amide bonds. The van der Waals surface area contributed by atoms with Crippen molar-refractivity contribution < 1.29 is 24.7 Å². The molecule has 0 bridgehead atoms. The van der Waals surface area contributed by atoms with E-state index in [1.807, 2.05) is 0 Å². The van der Waals surface area contributed by atoms with Crippen LogP contribution in [-0.4, -0.2) is 38.3 Å². The van der Waals surface area contributed by atoms with Gasteiger partial charge in [-0.05, 0) is 0 Å². The van der Waals surface area contributed by atoms with Gasteiger partial charge in [0.1, 0.15) is 0 Å². The van der Waals surface area contributed by atoms with Gasteiger partial charge in [0.05, 0.1) is 0 Å². The first-order chi connectivity index (χ1) is 2.00. The van der Waals surface area contributed by atoms with E-state index in [1.54, 1.807) is 0 Å². The molecule has 0 atom stereocenters. The molecule has 0 saturated heterocycles. The van der Waals surface area contributed by atoms with Crippen molar-refractivity contribution in [3.8, 4) is 0 Å². The molecule has 0 aliphatic heterocycles. The number of phosphoric acid groups is 1. The zero-order valence-corrected chi connectivity index (χ0v) is 5.67. The summed E-state index contributed by atoms with van der Waals surface area (Å²) in [6, 6.07) is 0. The van der Waals surface area contributed by atoms with Crippen LogP contribution < -0.4 is 4.89 Å². The molecule has 0 radical (unpaired) electrons. The molecular formula is H4MgO5P+. The van der Waals surface area contributed by atoms with Gasteiger partial charge in [-0.25, -0.2) is 0 Å². The van der Waals surface area contributed by atoms with Crippen LogP contribution in [0, 0.1) is 0 Å². The van der Waals surface area contributed by atoms with Crippen LogP contribution in [0.3, 0.4) is 0 Å². The van der Waals surface area contributed by atoms with Crippen molar-refractivity contribution in [1.29, 1.82) is 0 Å². The van der Waals surface area contributed by atoms with Gasteiger partial charge >= 0.3 is 23.1 Å². The summed E-state index contributed by atoms with van der Waals surface area (Å²) in [7, 11) is -4.89. The van der Waals surface area contributed by atoms with Crippen LogP contribution in [0.1, 0.15) is 0 Å². The van der Waals surface area contributed by atoms with Crippen LogP contribution in [0.25, 0.3) is 0 Å². The summed E-state index contributed by atoms with van der Waals surface area (Å²) in [5.74, 6) is 0. The Kier molecular flexibility index (Phi) is 11.1. The van der Waals surface area contributed by atoms with Gasteiger partial charge in [-0.3, -0.25) is 4.57 Å². The summed E-state index contributed by atoms with van der Waals surface area (Å²) >= 11 is 0. The summed E-state index contributed by atoms with van der Waals surface area (Å²) in [5.41, 5.74) is 0. The molecule has 0 spiro atoms. The Hall–Kier alpha value is 0.836. The van der Waals surface area contributed by atoms with Crippen molar-refractivity contribution in [1.82, 2.24) is 0 Å². The first kappa shape index (κ1) is 15.7. The molecule has 0 rings (SSSR count). The SMILES string of the molecule is O.O=P([O-])(O)O.[Mg+2]. The van der Waals surface area contributed by atoms with E-state index in [9.17, 15) is 0 Å². The van der Waals surface area contributed by atoms with Crippen molar-refractivity contribution in [2.45, 2.75) is 0 Å². The van der Waals surface area contributed by atoms with Crippen LogP contribution in [0.15, 0.2) is 0 Å². The maximum atomic E-state index is 8.77. The average Bonchev–Trinajstić information content (AvgIpc) is 0.722. The standard InChI is InChI=1S/Mg.H3O4P.H2O/c;1-5(2,3)4;/h;(H3,1,2,3,4);1H2/q+2;;/p-1. The van der Waals surface area contributed by atoms with E-state index in [1.165, 1.54) is 0 Å². The van der Waals surface area contributed by atoms with Gasteiger partial charge in [0.15, 0.2) is 0 Å². The minimum atomic E-state index is -4.89. The topological polar surface area (TPSA) is 112 Å². The van der Waals surface area contributed by atoms with E-state index in [4.69, 9.17) is 19.2 Å². The third-order valence-electron chi connectivity index (χ3n) is 0. The predicted molar refractivity (Wildman–Crippen MR) is 21.4 cm³/mol. The van der Waals surface area contributed by atoms with E-state index in [0.717, 1.165) is 0 Å². The second-order valence-electron chi connectivity index (χ2n) is 0.491. The van der Waals surface area contributed by atoms with Crippen LogP contribution in [0.2, 0.25) is 0 Å². The first-order valence-corrected chi connectivity index (χ1v) is 2.30. The predicted octanol–water partition coefficient (Wildman–Crippen LogP) is -2.77. The molecule has 40 valence electrons. The Morgan fingerprint density at radius 2 is 1.43 bits per heavy atom. The van der Waals surface area contributed by atoms with Crippen LogP contribution in [-0.2, 0) is 4.57 Å². The molecule has 5 nitrogen and oxygen atoms in total. The van der Waals surface area contributed by atoms with E-state index < -0.39 is 7.82 Å². The third kappa shape index (κ3) is 229. The normalized spacial score (nSPS) is 8.43. The molecule has 0 aromatic rings. The molecule has 7 heteroatoms. The Balaban J connectivity index is -0.0000000800. The average molecular weight is 139 g/mol. The van der Waals surface area contributed by atoms with Gasteiger partial charge in [-0.1, -0.05) is 0 Å². The fourth-order valence-corrected chi connectivity index (χ4v) is 0. The number of hydrogen-bond acceptors (Lipinski definition) is 2. The summed E-state index contributed by atoms with van der Waals surface area (Å²) in [4.78, 5) is 22.9. The fourth-order valence-electron chi connectivity index (χ4n) is 0. The van der Waals surface area contributed by atoms with Crippen molar-refractivity contribution >= 4 is 30.9 Å². The molecule has 0 heterocycles. The number of rotatable bonds is 0. The number of hydrogen-bond donors (Lipinski definition) is 2. The van der Waals surface area contributed by atoms with Crippen LogP contribution >= 0.6 is 7.82 Å². The minimum absolute atomic E-state index is 0. The molecule has 4 N–H and O–H groups in total. The monoisotopic (exact) mass is 139 g/mol. The second-order valence-corrected chi connectivity index (χ2v) is 1.47. The summed E-state index contributed by atoms with van der Waals surface area (Å²) in [6.07, 6.45) is 0. The Morgan fingerprint density at radius 3 is 1.43 bits per heavy atom. The molecule has 7 heavy (non-hydrogen) atoms. The molecule has 0 aromatic carbocycles. The summed E-state index contributed by atoms with van der Waals surface area (Å²) in [6.45, 7) is 0. The molecule has 0 saturated carbocycles. The molecule has 0 aliphatic carbocycles. The van der Waals surface area contributed by atoms with Crippen molar-refractivity contribution in [3.63, 3.8) is 0 Å². The maximum Gasteiger partial charge on any atom is 2.00 e. The van der Waals surface area contributed by atoms with Crippen LogP contribution in [0.5, 0.6) is 0 Å². The Labute approximate surface area is 56.1 Å². The van der Waals surface area contributed by atoms with Gasteiger partial charge in [0.25, 0.3) is 7.82 Å². The summed E-state index contributed by atoms with van der Waals surface area (Å²) in [5, 5.41) is 0. The van der Waals surface area contributed by atoms with E-state index in [2.05, 4.69) is 0 Å². The largest absolute Gasteiger partial charge is 2.00 e. The maximum absolute atomic E-state index is 8.77. The molecular weight excluding hydrogens is 135 g/mol. The third-order valence-corrected chi connectivity index (χ3v) is 0. The van der Waals surface area contributed by atoms with Crippen molar-refractivity contribution in [2.24, 2.45) is 0 Å². The second kappa shape index (κ2) is 4.98. The van der Waals surface area contributed by atoms with Gasteiger partial charge in [0.2, 0.25) is 0 Å². The first-order valence-electron chi connectivity index (χ1n) is 0.765. The molecule has 0 fully saturated rings. The van der Waals surface area contributed by atoms with Gasteiger partial charge in [0, 0.05) is 0 Å². The fraction of sp³-hybridized carbons (Fsp3) is 0. The summed E-state index contributed by atoms with van der Waals surface area (Å²) < 4.78 is 8.77. The Morgan fingerprint density at radius 1 is 1.43 bits per heavy atom. The van der Waals surface area contributed by atoms with E-state index in [0.29, 0.717) is 0 Å². The zero-order chi connectivity index (χ0) is 4.50. The van der Waals surface area contributed by atoms with Crippen molar-refractivity contribution in [3.05, 3.63) is 0 Å². The van der Waals surface area contributed by atoms with Gasteiger partial charge in [-0.15, -0.1) is 0 Å². The quantitative estimate of drug-likeness (QED) is 0.279. The van der Waals surface area contributed by atoms with Gasteiger partial charge in [-0.2, -0.15) is 0 Å². The minimum Gasteiger partial charge on any atom is -0.756 e. The molecule has 0 aliphatic rings. The molecule has 0 unspecified atom stereocenters. The van der Waals surface area contributed by atoms with E-state index in [-0.39, 0.29) is 28.5 Å².